The number of hydrogen-bond donors (Lipinski definition) is 1. The minimum atomic E-state index is -1.20. The van der Waals surface area contributed by atoms with Gasteiger partial charge in [-0.25, -0.2) is 8.93 Å². The van der Waals surface area contributed by atoms with Crippen LogP contribution in [0.3, 0.4) is 0 Å². The lowest BCUT2D eigenvalue weighted by atomic mass is 9.96. The van der Waals surface area contributed by atoms with Crippen LogP contribution in [0.25, 0.3) is 11.1 Å². The van der Waals surface area contributed by atoms with Gasteiger partial charge in [0.2, 0.25) is 0 Å². The van der Waals surface area contributed by atoms with Crippen LogP contribution in [-0.4, -0.2) is 15.1 Å². The van der Waals surface area contributed by atoms with Crippen LogP contribution in [-0.2, 0) is 11.0 Å². The lowest BCUT2D eigenvalue weighted by Crippen LogP contribution is -2.37. The van der Waals surface area contributed by atoms with Crippen LogP contribution in [0.1, 0.15) is 32.4 Å². The van der Waals surface area contributed by atoms with Crippen LogP contribution in [0.2, 0.25) is 0 Å². The van der Waals surface area contributed by atoms with Gasteiger partial charge in [-0.3, -0.25) is 0 Å². The Bertz CT molecular complexity index is 1170. The largest absolute Gasteiger partial charge is 0.242 e. The molecule has 0 amide bonds. The molecule has 0 bridgehead atoms. The van der Waals surface area contributed by atoms with Gasteiger partial charge in [0.05, 0.1) is 15.7 Å². The summed E-state index contributed by atoms with van der Waals surface area (Å²) in [4.78, 5) is 0. The molecule has 2 nitrogen and oxygen atoms in total. The van der Waals surface area contributed by atoms with E-state index in [4.69, 9.17) is 0 Å². The average Bonchev–Trinajstić information content (AvgIpc) is 2.87. The number of rotatable bonds is 8. The quantitative estimate of drug-likeness (QED) is 0.281. The van der Waals surface area contributed by atoms with Crippen LogP contribution in [0, 0.1) is 0 Å². The van der Waals surface area contributed by atoms with Gasteiger partial charge in [-0.05, 0) is 62.2 Å². The highest BCUT2D eigenvalue weighted by molar-refractivity contribution is 7.84. The maximum absolute atomic E-state index is 13.4. The molecule has 0 saturated carbocycles. The summed E-state index contributed by atoms with van der Waals surface area (Å²) >= 11 is 0. The fourth-order valence-electron chi connectivity index (χ4n) is 3.94. The van der Waals surface area contributed by atoms with Crippen molar-refractivity contribution in [1.29, 1.82) is 0 Å². The first-order chi connectivity index (χ1) is 16.4. The lowest BCUT2D eigenvalue weighted by Gasteiger charge is -2.30. The van der Waals surface area contributed by atoms with E-state index in [-0.39, 0.29) is 10.8 Å². The van der Waals surface area contributed by atoms with Crippen molar-refractivity contribution in [3.05, 3.63) is 121 Å². The summed E-state index contributed by atoms with van der Waals surface area (Å²) < 4.78 is 16.5. The normalized spacial score (nSPS) is 13.5. The molecule has 4 rings (SSSR count). The molecule has 0 heterocycles. The molecule has 0 spiro atoms. The lowest BCUT2D eigenvalue weighted by molar-refractivity contribution is 0.618. The first kappa shape index (κ1) is 24.5. The highest BCUT2D eigenvalue weighted by atomic mass is 32.2. The zero-order valence-electron chi connectivity index (χ0n) is 20.0. The standard InChI is InChI=1S/C30H32NOPS/c1-30(2,3)34(32)31-29(28-22-14-13-21-27(28)24-15-7-4-8-16-24)23-33(25-17-9-5-10-18-25)26-19-11-6-12-20-26/h4-22,29,31H,23H2,1-3H3/t29?,34-/m0/s1. The third kappa shape index (κ3) is 6.10. The predicted molar refractivity (Wildman–Crippen MR) is 150 cm³/mol. The Morgan fingerprint density at radius 3 is 1.71 bits per heavy atom. The van der Waals surface area contributed by atoms with Crippen molar-refractivity contribution in [3.8, 4) is 11.1 Å². The molecule has 4 heteroatoms. The SMILES string of the molecule is CC(C)(C)[S@](=O)NC(CP(c1ccccc1)c1ccccc1)c1ccccc1-c1ccccc1. The highest BCUT2D eigenvalue weighted by Gasteiger charge is 2.28. The molecule has 0 aliphatic carbocycles. The molecule has 0 aliphatic heterocycles. The van der Waals surface area contributed by atoms with E-state index in [1.54, 1.807) is 0 Å². The molecule has 174 valence electrons. The first-order valence-corrected chi connectivity index (χ1v) is 14.3. The van der Waals surface area contributed by atoms with Gasteiger partial charge in [-0.15, -0.1) is 0 Å². The Morgan fingerprint density at radius 1 is 0.706 bits per heavy atom. The molecule has 1 N–H and O–H groups in total. The second-order valence-electron chi connectivity index (χ2n) is 9.29. The van der Waals surface area contributed by atoms with E-state index < -0.39 is 18.9 Å². The molecular formula is C30H32NOPS. The Morgan fingerprint density at radius 2 is 1.18 bits per heavy atom. The Hall–Kier alpha value is -2.58. The van der Waals surface area contributed by atoms with Crippen LogP contribution < -0.4 is 15.3 Å². The van der Waals surface area contributed by atoms with E-state index in [2.05, 4.69) is 114 Å². The summed E-state index contributed by atoms with van der Waals surface area (Å²) in [6, 6.07) is 40.4. The molecule has 4 aromatic rings. The fourth-order valence-corrected chi connectivity index (χ4v) is 7.33. The fraction of sp³-hybridized carbons (Fsp3) is 0.200. The molecule has 0 aromatic heterocycles. The van der Waals surface area contributed by atoms with Crippen molar-refractivity contribution in [2.75, 3.05) is 6.16 Å². The van der Waals surface area contributed by atoms with Crippen molar-refractivity contribution < 1.29 is 4.21 Å². The van der Waals surface area contributed by atoms with Crippen molar-refractivity contribution in [1.82, 2.24) is 4.72 Å². The van der Waals surface area contributed by atoms with Crippen molar-refractivity contribution in [2.45, 2.75) is 31.6 Å². The topological polar surface area (TPSA) is 29.1 Å². The van der Waals surface area contributed by atoms with E-state index in [0.29, 0.717) is 0 Å². The zero-order chi connectivity index (χ0) is 24.0. The average molecular weight is 486 g/mol. The molecule has 0 aliphatic rings. The Kier molecular flexibility index (Phi) is 8.11. The number of nitrogens with one attached hydrogen (secondary N) is 1. The predicted octanol–water partition coefficient (Wildman–Crippen LogP) is 6.58. The summed E-state index contributed by atoms with van der Waals surface area (Å²) in [5, 5.41) is 2.66. The van der Waals surface area contributed by atoms with Gasteiger partial charge in [0.15, 0.2) is 0 Å². The second kappa shape index (κ2) is 11.2. The van der Waals surface area contributed by atoms with Gasteiger partial charge in [-0.2, -0.15) is 0 Å². The van der Waals surface area contributed by atoms with Crippen LogP contribution >= 0.6 is 7.92 Å². The van der Waals surface area contributed by atoms with E-state index in [0.717, 1.165) is 6.16 Å². The number of benzene rings is 4. The van der Waals surface area contributed by atoms with Crippen molar-refractivity contribution in [2.24, 2.45) is 0 Å². The van der Waals surface area contributed by atoms with Gasteiger partial charge >= 0.3 is 0 Å². The molecule has 0 saturated heterocycles. The molecule has 34 heavy (non-hydrogen) atoms. The smallest absolute Gasteiger partial charge is 0.0976 e. The van der Waals surface area contributed by atoms with Crippen molar-refractivity contribution >= 4 is 29.5 Å². The van der Waals surface area contributed by atoms with Crippen LogP contribution in [0.4, 0.5) is 0 Å². The van der Waals surface area contributed by atoms with Gasteiger partial charge in [0.25, 0.3) is 0 Å². The summed E-state index contributed by atoms with van der Waals surface area (Å²) in [6.07, 6.45) is 0.856. The van der Waals surface area contributed by atoms with E-state index in [1.165, 1.54) is 27.3 Å². The van der Waals surface area contributed by atoms with Gasteiger partial charge in [-0.1, -0.05) is 115 Å². The van der Waals surface area contributed by atoms with E-state index in [9.17, 15) is 4.21 Å². The van der Waals surface area contributed by atoms with Gasteiger partial charge in [0.1, 0.15) is 0 Å². The minimum Gasteiger partial charge on any atom is -0.242 e. The monoisotopic (exact) mass is 485 g/mol. The van der Waals surface area contributed by atoms with Gasteiger partial charge < -0.3 is 0 Å². The highest BCUT2D eigenvalue weighted by Crippen LogP contribution is 2.40. The third-order valence-corrected chi connectivity index (χ3v) is 9.91. The van der Waals surface area contributed by atoms with E-state index >= 15 is 0 Å². The third-order valence-electron chi connectivity index (χ3n) is 5.73. The summed E-state index contributed by atoms with van der Waals surface area (Å²) in [6.45, 7) is 6.06. The molecular weight excluding hydrogens is 453 g/mol. The molecule has 0 radical (unpaired) electrons. The van der Waals surface area contributed by atoms with Crippen LogP contribution in [0.5, 0.6) is 0 Å². The minimum absolute atomic E-state index is 0.0667. The Labute approximate surface area is 207 Å². The summed E-state index contributed by atoms with van der Waals surface area (Å²) in [5.74, 6) is 0. The zero-order valence-corrected chi connectivity index (χ0v) is 21.7. The van der Waals surface area contributed by atoms with Crippen molar-refractivity contribution in [3.63, 3.8) is 0 Å². The maximum Gasteiger partial charge on any atom is 0.0976 e. The summed E-state index contributed by atoms with van der Waals surface area (Å²) in [5.41, 5.74) is 3.54. The van der Waals surface area contributed by atoms with E-state index in [1.807, 2.05) is 26.8 Å². The van der Waals surface area contributed by atoms with Crippen LogP contribution in [0.15, 0.2) is 115 Å². The molecule has 2 atom stereocenters. The maximum atomic E-state index is 13.4. The first-order valence-electron chi connectivity index (χ1n) is 11.6. The molecule has 1 unspecified atom stereocenters. The second-order valence-corrected chi connectivity index (χ2v) is 13.5. The molecule has 4 aromatic carbocycles. The Balaban J connectivity index is 1.80. The number of hydrogen-bond acceptors (Lipinski definition) is 1. The molecule has 0 fully saturated rings. The summed E-state index contributed by atoms with van der Waals surface area (Å²) in [7, 11) is -1.86. The van der Waals surface area contributed by atoms with Gasteiger partial charge in [0, 0.05) is 6.04 Å².